The lowest BCUT2D eigenvalue weighted by Gasteiger charge is -2.05. The fourth-order valence-corrected chi connectivity index (χ4v) is 2.06. The Hall–Kier alpha value is -1.19. The molecule has 0 fully saturated rings. The number of carbonyl (C=O) groups is 1. The Kier molecular flexibility index (Phi) is 3.60. The zero-order valence-corrected chi connectivity index (χ0v) is 10.8. The normalized spacial score (nSPS) is 10.8. The van der Waals surface area contributed by atoms with E-state index in [2.05, 4.69) is 5.32 Å². The highest BCUT2D eigenvalue weighted by Gasteiger charge is 2.07. The maximum absolute atomic E-state index is 11.1. The number of carbonyl (C=O) groups excluding carboxylic acids is 1. The number of nitrogens with zero attached hydrogens (tertiary/aromatic N) is 1. The largest absolute Gasteiger partial charge is 0.349 e. The van der Waals surface area contributed by atoms with Gasteiger partial charge in [-0.2, -0.15) is 0 Å². The van der Waals surface area contributed by atoms with Crippen LogP contribution in [0.25, 0.3) is 10.9 Å². The topological polar surface area (TPSA) is 34.0 Å². The molecule has 1 aromatic carbocycles. The van der Waals surface area contributed by atoms with Crippen LogP contribution in [0, 0.1) is 0 Å². The minimum atomic E-state index is -0.171. The number of nitrogens with one attached hydrogen (secondary N) is 1. The van der Waals surface area contributed by atoms with E-state index in [0.717, 1.165) is 16.6 Å². The average molecular weight is 271 g/mol. The second-order valence-electron chi connectivity index (χ2n) is 3.81. The number of alkyl halides is 1. The second kappa shape index (κ2) is 4.98. The number of hydrogen-bond acceptors (Lipinski definition) is 1. The van der Waals surface area contributed by atoms with Crippen LogP contribution in [-0.2, 0) is 18.4 Å². The van der Waals surface area contributed by atoms with Gasteiger partial charge in [0.25, 0.3) is 0 Å². The van der Waals surface area contributed by atoms with Gasteiger partial charge in [0.05, 0.1) is 6.54 Å². The minimum absolute atomic E-state index is 0.0181. The van der Waals surface area contributed by atoms with Gasteiger partial charge in [0.1, 0.15) is 5.88 Å². The summed E-state index contributed by atoms with van der Waals surface area (Å²) in [6, 6.07) is 7.73. The van der Waals surface area contributed by atoms with Crippen molar-refractivity contribution in [3.63, 3.8) is 0 Å². The molecule has 0 bridgehead atoms. The maximum Gasteiger partial charge on any atom is 0.235 e. The van der Waals surface area contributed by atoms with Gasteiger partial charge in [0.2, 0.25) is 5.91 Å². The van der Waals surface area contributed by atoms with E-state index in [0.29, 0.717) is 11.6 Å². The Morgan fingerprint density at radius 3 is 2.88 bits per heavy atom. The third-order valence-corrected chi connectivity index (χ3v) is 3.17. The average Bonchev–Trinajstić information content (AvgIpc) is 2.62. The van der Waals surface area contributed by atoms with E-state index in [4.69, 9.17) is 23.2 Å². The van der Waals surface area contributed by atoms with Gasteiger partial charge in [-0.05, 0) is 24.3 Å². The van der Waals surface area contributed by atoms with Crippen LogP contribution in [0.1, 0.15) is 5.69 Å². The molecule has 0 saturated heterocycles. The van der Waals surface area contributed by atoms with Crippen LogP contribution in [0.4, 0.5) is 0 Å². The molecule has 0 saturated carbocycles. The van der Waals surface area contributed by atoms with E-state index in [9.17, 15) is 4.79 Å². The molecule has 1 amide bonds. The van der Waals surface area contributed by atoms with E-state index in [-0.39, 0.29) is 11.8 Å². The zero-order chi connectivity index (χ0) is 12.4. The third-order valence-electron chi connectivity index (χ3n) is 2.69. The number of rotatable bonds is 3. The van der Waals surface area contributed by atoms with Gasteiger partial charge in [-0.1, -0.05) is 11.6 Å². The Balaban J connectivity index is 2.29. The molecule has 0 aliphatic carbocycles. The molecule has 1 heterocycles. The Labute approximate surface area is 109 Å². The molecule has 0 spiro atoms. The van der Waals surface area contributed by atoms with Gasteiger partial charge in [0.15, 0.2) is 0 Å². The number of aromatic nitrogens is 1. The summed E-state index contributed by atoms with van der Waals surface area (Å²) in [6.45, 7) is 0.467. The summed E-state index contributed by atoms with van der Waals surface area (Å²) >= 11 is 11.4. The number of fused-ring (bicyclic) bond motifs is 1. The highest BCUT2D eigenvalue weighted by molar-refractivity contribution is 6.31. The van der Waals surface area contributed by atoms with Crippen LogP contribution in [0.15, 0.2) is 24.3 Å². The SMILES string of the molecule is Cn1c(CNC(=O)CCl)cc2cc(Cl)ccc21. The van der Waals surface area contributed by atoms with Gasteiger partial charge in [0, 0.05) is 28.7 Å². The predicted molar refractivity (Wildman–Crippen MR) is 70.5 cm³/mol. The number of benzene rings is 1. The van der Waals surface area contributed by atoms with E-state index >= 15 is 0 Å². The molecule has 3 nitrogen and oxygen atoms in total. The molecular weight excluding hydrogens is 259 g/mol. The van der Waals surface area contributed by atoms with E-state index in [1.54, 1.807) is 0 Å². The van der Waals surface area contributed by atoms with Gasteiger partial charge in [-0.3, -0.25) is 4.79 Å². The van der Waals surface area contributed by atoms with Crippen molar-refractivity contribution >= 4 is 40.0 Å². The van der Waals surface area contributed by atoms with Crippen LogP contribution >= 0.6 is 23.2 Å². The Morgan fingerprint density at radius 1 is 1.41 bits per heavy atom. The first kappa shape index (κ1) is 12.3. The summed E-state index contributed by atoms with van der Waals surface area (Å²) in [7, 11) is 1.96. The summed E-state index contributed by atoms with van der Waals surface area (Å²) in [4.78, 5) is 11.1. The molecule has 0 radical (unpaired) electrons. The van der Waals surface area contributed by atoms with E-state index < -0.39 is 0 Å². The molecule has 2 rings (SSSR count). The van der Waals surface area contributed by atoms with Gasteiger partial charge >= 0.3 is 0 Å². The van der Waals surface area contributed by atoms with Gasteiger partial charge in [-0.25, -0.2) is 0 Å². The molecule has 5 heteroatoms. The molecule has 0 aliphatic heterocycles. The lowest BCUT2D eigenvalue weighted by atomic mass is 10.2. The molecule has 17 heavy (non-hydrogen) atoms. The summed E-state index contributed by atoms with van der Waals surface area (Å²) in [5.41, 5.74) is 2.10. The number of halogens is 2. The quantitative estimate of drug-likeness (QED) is 0.856. The summed E-state index contributed by atoms with van der Waals surface area (Å²) in [6.07, 6.45) is 0. The highest BCUT2D eigenvalue weighted by Crippen LogP contribution is 2.22. The summed E-state index contributed by atoms with van der Waals surface area (Å²) in [5, 5.41) is 4.51. The van der Waals surface area contributed by atoms with Crippen molar-refractivity contribution < 1.29 is 4.79 Å². The fourth-order valence-electron chi connectivity index (χ4n) is 1.78. The number of aryl methyl sites for hydroxylation is 1. The third kappa shape index (κ3) is 2.56. The van der Waals surface area contributed by atoms with Crippen LogP contribution in [0.5, 0.6) is 0 Å². The first-order chi connectivity index (χ1) is 8.11. The number of hydrogen-bond donors (Lipinski definition) is 1. The van der Waals surface area contributed by atoms with Gasteiger partial charge < -0.3 is 9.88 Å². The second-order valence-corrected chi connectivity index (χ2v) is 4.51. The smallest absolute Gasteiger partial charge is 0.235 e. The van der Waals surface area contributed by atoms with Crippen molar-refractivity contribution in [1.82, 2.24) is 9.88 Å². The van der Waals surface area contributed by atoms with Crippen molar-refractivity contribution in [2.45, 2.75) is 6.54 Å². The zero-order valence-electron chi connectivity index (χ0n) is 9.34. The molecular formula is C12H12Cl2N2O. The fraction of sp³-hybridized carbons (Fsp3) is 0.250. The van der Waals surface area contributed by atoms with Crippen molar-refractivity contribution in [2.24, 2.45) is 7.05 Å². The van der Waals surface area contributed by atoms with Gasteiger partial charge in [-0.15, -0.1) is 11.6 Å². The molecule has 90 valence electrons. The molecule has 0 unspecified atom stereocenters. The van der Waals surface area contributed by atoms with Crippen molar-refractivity contribution in [2.75, 3.05) is 5.88 Å². The van der Waals surface area contributed by atoms with E-state index in [1.807, 2.05) is 35.9 Å². The van der Waals surface area contributed by atoms with Crippen LogP contribution in [-0.4, -0.2) is 16.4 Å². The van der Waals surface area contributed by atoms with Crippen molar-refractivity contribution in [3.05, 3.63) is 35.0 Å². The lowest BCUT2D eigenvalue weighted by Crippen LogP contribution is -2.24. The Bertz CT molecular complexity index is 563. The minimum Gasteiger partial charge on any atom is -0.349 e. The maximum atomic E-state index is 11.1. The van der Waals surface area contributed by atoms with Crippen LogP contribution < -0.4 is 5.32 Å². The summed E-state index contributed by atoms with van der Waals surface area (Å²) in [5.74, 6) is -0.189. The Morgan fingerprint density at radius 2 is 2.18 bits per heavy atom. The monoisotopic (exact) mass is 270 g/mol. The van der Waals surface area contributed by atoms with Crippen molar-refractivity contribution in [1.29, 1.82) is 0 Å². The molecule has 1 aromatic heterocycles. The molecule has 2 aromatic rings. The first-order valence-corrected chi connectivity index (χ1v) is 6.09. The molecule has 0 aliphatic rings. The van der Waals surface area contributed by atoms with Crippen LogP contribution in [0.3, 0.4) is 0 Å². The lowest BCUT2D eigenvalue weighted by molar-refractivity contribution is -0.118. The summed E-state index contributed by atoms with van der Waals surface area (Å²) < 4.78 is 2.03. The predicted octanol–water partition coefficient (Wildman–Crippen LogP) is 2.69. The molecule has 0 atom stereocenters. The van der Waals surface area contributed by atoms with Crippen LogP contribution in [0.2, 0.25) is 5.02 Å². The van der Waals surface area contributed by atoms with Crippen molar-refractivity contribution in [3.8, 4) is 0 Å². The standard InChI is InChI=1S/C12H12Cl2N2O/c1-16-10(7-15-12(17)6-13)5-8-4-9(14)2-3-11(8)16/h2-5H,6-7H2,1H3,(H,15,17). The molecule has 1 N–H and O–H groups in total. The highest BCUT2D eigenvalue weighted by atomic mass is 35.5. The first-order valence-electron chi connectivity index (χ1n) is 5.18. The number of amides is 1. The van der Waals surface area contributed by atoms with E-state index in [1.165, 1.54) is 0 Å².